The monoisotopic (exact) mass is 369 g/mol. The lowest BCUT2D eigenvalue weighted by atomic mass is 9.96. The van der Waals surface area contributed by atoms with Crippen molar-refractivity contribution in [1.29, 1.82) is 0 Å². The number of hydrogen-bond acceptors (Lipinski definition) is 6. The molecule has 4 rings (SSSR count). The molecule has 0 spiro atoms. The van der Waals surface area contributed by atoms with E-state index >= 15 is 0 Å². The van der Waals surface area contributed by atoms with Gasteiger partial charge in [-0.25, -0.2) is 4.79 Å². The first-order chi connectivity index (χ1) is 12.9. The number of carbonyl (C=O) groups is 1. The number of aryl methyl sites for hydroxylation is 3. The topological polar surface area (TPSA) is 100 Å². The molecule has 1 aliphatic rings. The molecule has 0 atom stereocenters. The van der Waals surface area contributed by atoms with E-state index in [1.807, 2.05) is 12.1 Å². The molecule has 0 aliphatic heterocycles. The molecule has 0 radical (unpaired) electrons. The van der Waals surface area contributed by atoms with E-state index in [1.54, 1.807) is 19.9 Å². The van der Waals surface area contributed by atoms with Crippen LogP contribution in [0.3, 0.4) is 0 Å². The number of rotatable bonds is 4. The van der Waals surface area contributed by atoms with Gasteiger partial charge < -0.3 is 9.15 Å². The van der Waals surface area contributed by atoms with Crippen molar-refractivity contribution in [1.82, 2.24) is 9.78 Å². The van der Waals surface area contributed by atoms with E-state index in [0.717, 1.165) is 42.4 Å². The van der Waals surface area contributed by atoms with E-state index < -0.39 is 10.9 Å². The third-order valence-electron chi connectivity index (χ3n) is 4.96. The number of nitro groups is 1. The highest BCUT2D eigenvalue weighted by Crippen LogP contribution is 2.34. The van der Waals surface area contributed by atoms with Gasteiger partial charge in [-0.1, -0.05) is 0 Å². The van der Waals surface area contributed by atoms with Gasteiger partial charge in [-0.2, -0.15) is 5.10 Å². The van der Waals surface area contributed by atoms with Crippen molar-refractivity contribution >= 4 is 22.6 Å². The molecule has 0 N–H and O–H groups in total. The van der Waals surface area contributed by atoms with Crippen LogP contribution in [0.25, 0.3) is 11.0 Å². The molecule has 0 saturated carbocycles. The molecule has 140 valence electrons. The Morgan fingerprint density at radius 2 is 2.11 bits per heavy atom. The van der Waals surface area contributed by atoms with Crippen LogP contribution in [0, 0.1) is 24.0 Å². The quantitative estimate of drug-likeness (QED) is 0.301. The van der Waals surface area contributed by atoms with Crippen molar-refractivity contribution in [3.8, 4) is 5.75 Å². The zero-order chi connectivity index (χ0) is 19.1. The van der Waals surface area contributed by atoms with Crippen molar-refractivity contribution in [2.45, 2.75) is 46.1 Å². The first-order valence-electron chi connectivity index (χ1n) is 8.87. The highest BCUT2D eigenvalue weighted by molar-refractivity contribution is 5.85. The van der Waals surface area contributed by atoms with Crippen LogP contribution in [-0.4, -0.2) is 20.7 Å². The number of ether oxygens (including phenoxy) is 1. The van der Waals surface area contributed by atoms with E-state index in [0.29, 0.717) is 11.4 Å². The summed E-state index contributed by atoms with van der Waals surface area (Å²) in [5.41, 5.74) is 2.53. The van der Waals surface area contributed by atoms with Crippen molar-refractivity contribution in [3.63, 3.8) is 0 Å². The Balaban J connectivity index is 1.55. The maximum absolute atomic E-state index is 12.3. The molecule has 0 bridgehead atoms. The Labute approximate surface area is 154 Å². The summed E-state index contributed by atoms with van der Waals surface area (Å²) in [4.78, 5) is 22.9. The van der Waals surface area contributed by atoms with Gasteiger partial charge in [0.1, 0.15) is 35.0 Å². The predicted molar refractivity (Wildman–Crippen MR) is 96.8 cm³/mol. The largest absolute Gasteiger partial charge is 0.461 e. The lowest BCUT2D eigenvalue weighted by Gasteiger charge is -2.09. The predicted octanol–water partition coefficient (Wildman–Crippen LogP) is 3.64. The minimum absolute atomic E-state index is 0.0748. The Morgan fingerprint density at radius 3 is 2.85 bits per heavy atom. The molecule has 0 amide bonds. The Bertz CT molecular complexity index is 1060. The Kier molecular flexibility index (Phi) is 4.18. The summed E-state index contributed by atoms with van der Waals surface area (Å²) in [6.07, 6.45) is 4.16. The second kappa shape index (κ2) is 6.53. The maximum Gasteiger partial charge on any atom is 0.333 e. The van der Waals surface area contributed by atoms with Crippen LogP contribution in [0.15, 0.2) is 22.6 Å². The molecule has 8 nitrogen and oxygen atoms in total. The second-order valence-electron chi connectivity index (χ2n) is 6.78. The lowest BCUT2D eigenvalue weighted by molar-refractivity contribution is -0.386. The third-order valence-corrected chi connectivity index (χ3v) is 4.96. The van der Waals surface area contributed by atoms with Crippen molar-refractivity contribution in [3.05, 3.63) is 51.0 Å². The van der Waals surface area contributed by atoms with Crippen molar-refractivity contribution in [2.75, 3.05) is 0 Å². The fourth-order valence-corrected chi connectivity index (χ4v) is 3.70. The number of nitrogens with zero attached hydrogens (tertiary/aromatic N) is 3. The Morgan fingerprint density at radius 1 is 1.33 bits per heavy atom. The molecule has 1 aromatic carbocycles. The van der Waals surface area contributed by atoms with Crippen LogP contribution in [0.4, 0.5) is 5.69 Å². The van der Waals surface area contributed by atoms with Gasteiger partial charge in [0.2, 0.25) is 0 Å². The number of furan rings is 1. The molecular weight excluding hydrogens is 350 g/mol. The lowest BCUT2D eigenvalue weighted by Crippen LogP contribution is -2.18. The number of hydrogen-bond donors (Lipinski definition) is 0. The highest BCUT2D eigenvalue weighted by atomic mass is 16.6. The highest BCUT2D eigenvalue weighted by Gasteiger charge is 2.23. The molecular formula is C19H19N3O5. The SMILES string of the molecule is Cc1nn(CC(=O)Oc2ccc3oc4c(c3c2)CCCC4)c(C)c1[N+](=O)[O-]. The van der Waals surface area contributed by atoms with Crippen LogP contribution >= 0.6 is 0 Å². The molecule has 8 heteroatoms. The Hall–Kier alpha value is -3.16. The molecule has 2 heterocycles. The van der Waals surface area contributed by atoms with Crippen LogP contribution in [-0.2, 0) is 24.2 Å². The standard InChI is InChI=1S/C19H19N3O5/c1-11-19(22(24)25)12(2)21(20-11)10-18(23)26-13-7-8-17-15(9-13)14-5-3-4-6-16(14)27-17/h7-9H,3-6,10H2,1-2H3. The summed E-state index contributed by atoms with van der Waals surface area (Å²) in [7, 11) is 0. The van der Waals surface area contributed by atoms with Gasteiger partial charge in [-0.3, -0.25) is 14.8 Å². The molecule has 0 fully saturated rings. The van der Waals surface area contributed by atoms with E-state index in [1.165, 1.54) is 10.2 Å². The molecule has 27 heavy (non-hydrogen) atoms. The zero-order valence-corrected chi connectivity index (χ0v) is 15.2. The fraction of sp³-hybridized carbons (Fsp3) is 0.368. The van der Waals surface area contributed by atoms with Gasteiger partial charge in [0.15, 0.2) is 0 Å². The van der Waals surface area contributed by atoms with Crippen LogP contribution in [0.2, 0.25) is 0 Å². The first kappa shape index (κ1) is 17.3. The summed E-state index contributed by atoms with van der Waals surface area (Å²) >= 11 is 0. The van der Waals surface area contributed by atoms with Gasteiger partial charge in [0, 0.05) is 17.4 Å². The number of benzene rings is 1. The molecule has 0 saturated heterocycles. The van der Waals surface area contributed by atoms with Crippen LogP contribution in [0.1, 0.15) is 35.6 Å². The van der Waals surface area contributed by atoms with Gasteiger partial charge in [0.05, 0.1) is 4.92 Å². The first-order valence-corrected chi connectivity index (χ1v) is 8.87. The fourth-order valence-electron chi connectivity index (χ4n) is 3.70. The zero-order valence-electron chi connectivity index (χ0n) is 15.2. The van der Waals surface area contributed by atoms with E-state index in [-0.39, 0.29) is 17.9 Å². The normalized spacial score (nSPS) is 13.6. The van der Waals surface area contributed by atoms with Gasteiger partial charge in [-0.15, -0.1) is 0 Å². The smallest absolute Gasteiger partial charge is 0.333 e. The summed E-state index contributed by atoms with van der Waals surface area (Å²) in [5, 5.41) is 16.1. The minimum atomic E-state index is -0.535. The van der Waals surface area contributed by atoms with Gasteiger partial charge >= 0.3 is 11.7 Å². The van der Waals surface area contributed by atoms with E-state index in [4.69, 9.17) is 9.15 Å². The van der Waals surface area contributed by atoms with Crippen LogP contribution < -0.4 is 4.74 Å². The number of carbonyl (C=O) groups excluding carboxylic acids is 1. The average molecular weight is 369 g/mol. The molecule has 0 unspecified atom stereocenters. The van der Waals surface area contributed by atoms with E-state index in [9.17, 15) is 14.9 Å². The molecule has 1 aliphatic carbocycles. The average Bonchev–Trinajstić information content (AvgIpc) is 3.12. The summed E-state index contributed by atoms with van der Waals surface area (Å²) < 4.78 is 12.6. The number of esters is 1. The molecule has 3 aromatic rings. The van der Waals surface area contributed by atoms with Crippen molar-refractivity contribution < 1.29 is 18.9 Å². The van der Waals surface area contributed by atoms with Gasteiger partial charge in [-0.05, 0) is 51.3 Å². The second-order valence-corrected chi connectivity index (χ2v) is 6.78. The number of aromatic nitrogens is 2. The summed E-state index contributed by atoms with van der Waals surface area (Å²) in [6.45, 7) is 2.92. The van der Waals surface area contributed by atoms with Crippen molar-refractivity contribution in [2.24, 2.45) is 0 Å². The van der Waals surface area contributed by atoms with Crippen LogP contribution in [0.5, 0.6) is 5.75 Å². The molecule has 2 aromatic heterocycles. The minimum Gasteiger partial charge on any atom is -0.461 e. The van der Waals surface area contributed by atoms with Gasteiger partial charge in [0.25, 0.3) is 0 Å². The summed E-state index contributed by atoms with van der Waals surface area (Å²) in [5.74, 6) is 0.916. The number of fused-ring (bicyclic) bond motifs is 3. The third kappa shape index (κ3) is 3.07. The summed E-state index contributed by atoms with van der Waals surface area (Å²) in [6, 6.07) is 5.33. The maximum atomic E-state index is 12.3. The van der Waals surface area contributed by atoms with E-state index in [2.05, 4.69) is 5.10 Å².